The summed E-state index contributed by atoms with van der Waals surface area (Å²) in [5.74, 6) is 1.20. The van der Waals surface area contributed by atoms with Crippen molar-refractivity contribution >= 4 is 11.8 Å². The van der Waals surface area contributed by atoms with E-state index < -0.39 is 0 Å². The van der Waals surface area contributed by atoms with Gasteiger partial charge in [0, 0.05) is 24.6 Å². The molecule has 18 heavy (non-hydrogen) atoms. The maximum atomic E-state index is 4.50. The van der Waals surface area contributed by atoms with Gasteiger partial charge in [0.15, 0.2) is 5.82 Å². The van der Waals surface area contributed by atoms with Crippen LogP contribution in [0.3, 0.4) is 0 Å². The van der Waals surface area contributed by atoms with Gasteiger partial charge in [-0.15, -0.1) is 0 Å². The molecule has 0 aromatic carbocycles. The van der Waals surface area contributed by atoms with Gasteiger partial charge >= 0.3 is 0 Å². The van der Waals surface area contributed by atoms with Crippen LogP contribution in [0.25, 0.3) is 0 Å². The Bertz CT molecular complexity index is 509. The third kappa shape index (κ3) is 2.43. The van der Waals surface area contributed by atoms with Crippen LogP contribution in [0.4, 0.5) is 11.8 Å². The fourth-order valence-electron chi connectivity index (χ4n) is 2.04. The first-order valence-electron chi connectivity index (χ1n) is 6.01. The normalized spacial score (nSPS) is 18.8. The summed E-state index contributed by atoms with van der Waals surface area (Å²) in [6.07, 6.45) is 8.99. The molecule has 2 N–H and O–H groups in total. The van der Waals surface area contributed by atoms with E-state index in [1.807, 2.05) is 6.07 Å². The molecular formula is C12H14N6. The average Bonchev–Trinajstić information content (AvgIpc) is 2.94. The molecule has 1 aliphatic rings. The van der Waals surface area contributed by atoms with E-state index in [9.17, 15) is 0 Å². The third-order valence-electron chi connectivity index (χ3n) is 2.90. The fourth-order valence-corrected chi connectivity index (χ4v) is 2.04. The molecule has 0 radical (unpaired) electrons. The zero-order valence-corrected chi connectivity index (χ0v) is 9.87. The molecule has 2 aromatic heterocycles. The van der Waals surface area contributed by atoms with Gasteiger partial charge in [0.2, 0.25) is 5.95 Å². The number of anilines is 2. The van der Waals surface area contributed by atoms with Gasteiger partial charge in [0.25, 0.3) is 0 Å². The summed E-state index contributed by atoms with van der Waals surface area (Å²) in [4.78, 5) is 16.8. The largest absolute Gasteiger partial charge is 0.309 e. The highest BCUT2D eigenvalue weighted by Gasteiger charge is 2.17. The lowest BCUT2D eigenvalue weighted by Crippen LogP contribution is -2.15. The monoisotopic (exact) mass is 242 g/mol. The highest BCUT2D eigenvalue weighted by Crippen LogP contribution is 2.21. The Kier molecular flexibility index (Phi) is 3.10. The van der Waals surface area contributed by atoms with E-state index in [-0.39, 0.29) is 0 Å². The maximum absolute atomic E-state index is 4.50. The van der Waals surface area contributed by atoms with Crippen LogP contribution < -0.4 is 10.6 Å². The second-order valence-corrected chi connectivity index (χ2v) is 4.17. The summed E-state index contributed by atoms with van der Waals surface area (Å²) in [6.45, 7) is 1.06. The van der Waals surface area contributed by atoms with E-state index in [0.29, 0.717) is 17.8 Å². The molecule has 0 unspecified atom stereocenters. The summed E-state index contributed by atoms with van der Waals surface area (Å²) in [7, 11) is 0. The van der Waals surface area contributed by atoms with Crippen molar-refractivity contribution in [2.45, 2.75) is 18.9 Å². The molecule has 1 aliphatic heterocycles. The Morgan fingerprint density at radius 2 is 2.22 bits per heavy atom. The lowest BCUT2D eigenvalue weighted by atomic mass is 10.1. The van der Waals surface area contributed by atoms with Gasteiger partial charge < -0.3 is 10.6 Å². The van der Waals surface area contributed by atoms with Crippen LogP contribution in [-0.4, -0.2) is 26.5 Å². The molecule has 0 aliphatic carbocycles. The Morgan fingerprint density at radius 3 is 3.00 bits per heavy atom. The van der Waals surface area contributed by atoms with Crippen LogP contribution in [0.1, 0.15) is 24.6 Å². The van der Waals surface area contributed by atoms with Crippen molar-refractivity contribution in [1.82, 2.24) is 25.3 Å². The highest BCUT2D eigenvalue weighted by atomic mass is 15.1. The van der Waals surface area contributed by atoms with E-state index in [4.69, 9.17) is 0 Å². The first-order valence-corrected chi connectivity index (χ1v) is 6.01. The van der Waals surface area contributed by atoms with Crippen molar-refractivity contribution < 1.29 is 0 Å². The second-order valence-electron chi connectivity index (χ2n) is 4.17. The van der Waals surface area contributed by atoms with Gasteiger partial charge in [-0.25, -0.2) is 15.0 Å². The zero-order chi connectivity index (χ0) is 12.2. The molecule has 1 atom stereocenters. The molecule has 6 nitrogen and oxygen atoms in total. The van der Waals surface area contributed by atoms with Crippen LogP contribution in [0, 0.1) is 0 Å². The Balaban J connectivity index is 1.78. The van der Waals surface area contributed by atoms with Gasteiger partial charge in [0.1, 0.15) is 0 Å². The van der Waals surface area contributed by atoms with E-state index in [1.54, 1.807) is 24.8 Å². The highest BCUT2D eigenvalue weighted by molar-refractivity contribution is 5.45. The summed E-state index contributed by atoms with van der Waals surface area (Å²) in [6, 6.07) is 2.29. The number of hydrogen-bond acceptors (Lipinski definition) is 6. The minimum Gasteiger partial charge on any atom is -0.309 e. The van der Waals surface area contributed by atoms with Crippen molar-refractivity contribution in [2.24, 2.45) is 0 Å². The van der Waals surface area contributed by atoms with Crippen LogP contribution in [0.5, 0.6) is 0 Å². The summed E-state index contributed by atoms with van der Waals surface area (Å²) < 4.78 is 0. The predicted molar refractivity (Wildman–Crippen MR) is 67.3 cm³/mol. The molecule has 3 rings (SSSR count). The average molecular weight is 242 g/mol. The standard InChI is InChI=1S/C12H14N6/c1-2-9(14-4-1)10-3-5-16-12(17-10)18-11-8-13-6-7-15-11/h3,5-9,14H,1-2,4H2,(H,15,16,17,18)/t9-/m1/s1. The molecule has 1 fully saturated rings. The predicted octanol–water partition coefficient (Wildman–Crippen LogP) is 1.43. The molecule has 2 aromatic rings. The van der Waals surface area contributed by atoms with Crippen molar-refractivity contribution in [2.75, 3.05) is 11.9 Å². The molecule has 0 spiro atoms. The molecular weight excluding hydrogens is 228 g/mol. The number of nitrogens with zero attached hydrogens (tertiary/aromatic N) is 4. The zero-order valence-electron chi connectivity index (χ0n) is 9.87. The van der Waals surface area contributed by atoms with Gasteiger partial charge in [-0.1, -0.05) is 0 Å². The number of aromatic nitrogens is 4. The van der Waals surface area contributed by atoms with Gasteiger partial charge in [-0.3, -0.25) is 4.98 Å². The summed E-state index contributed by atoms with van der Waals surface area (Å²) >= 11 is 0. The lowest BCUT2D eigenvalue weighted by molar-refractivity contribution is 0.626. The number of hydrogen-bond donors (Lipinski definition) is 2. The second kappa shape index (κ2) is 5.05. The number of rotatable bonds is 3. The van der Waals surface area contributed by atoms with E-state index in [2.05, 4.69) is 30.6 Å². The number of nitrogens with one attached hydrogen (secondary N) is 2. The first-order chi connectivity index (χ1) is 8.92. The maximum Gasteiger partial charge on any atom is 0.228 e. The van der Waals surface area contributed by atoms with Gasteiger partial charge in [-0.05, 0) is 25.5 Å². The van der Waals surface area contributed by atoms with Crippen molar-refractivity contribution in [3.8, 4) is 0 Å². The van der Waals surface area contributed by atoms with E-state index in [0.717, 1.165) is 18.7 Å². The molecule has 1 saturated heterocycles. The molecule has 3 heterocycles. The minimum absolute atomic E-state index is 0.343. The van der Waals surface area contributed by atoms with Crippen molar-refractivity contribution in [3.05, 3.63) is 36.5 Å². The quantitative estimate of drug-likeness (QED) is 0.848. The van der Waals surface area contributed by atoms with Crippen LogP contribution >= 0.6 is 0 Å². The van der Waals surface area contributed by atoms with Crippen LogP contribution in [-0.2, 0) is 0 Å². The lowest BCUT2D eigenvalue weighted by Gasteiger charge is -2.10. The fraction of sp³-hybridized carbons (Fsp3) is 0.333. The smallest absolute Gasteiger partial charge is 0.228 e. The third-order valence-corrected chi connectivity index (χ3v) is 2.90. The first kappa shape index (κ1) is 11.0. The summed E-state index contributed by atoms with van der Waals surface area (Å²) in [5, 5.41) is 6.46. The topological polar surface area (TPSA) is 75.6 Å². The van der Waals surface area contributed by atoms with Crippen LogP contribution in [0.2, 0.25) is 0 Å². The Labute approximate surface area is 105 Å². The van der Waals surface area contributed by atoms with E-state index in [1.165, 1.54) is 6.42 Å². The van der Waals surface area contributed by atoms with Crippen LogP contribution in [0.15, 0.2) is 30.9 Å². The van der Waals surface area contributed by atoms with Gasteiger partial charge in [-0.2, -0.15) is 0 Å². The Morgan fingerprint density at radius 1 is 1.22 bits per heavy atom. The minimum atomic E-state index is 0.343. The van der Waals surface area contributed by atoms with E-state index >= 15 is 0 Å². The molecule has 0 bridgehead atoms. The van der Waals surface area contributed by atoms with Crippen molar-refractivity contribution in [3.63, 3.8) is 0 Å². The Hall–Kier alpha value is -2.08. The van der Waals surface area contributed by atoms with Gasteiger partial charge in [0.05, 0.1) is 11.9 Å². The molecule has 6 heteroatoms. The van der Waals surface area contributed by atoms with Crippen molar-refractivity contribution in [1.29, 1.82) is 0 Å². The SMILES string of the molecule is c1cnc(Nc2nccc([C@H]3CCCN3)n2)cn1. The molecule has 0 saturated carbocycles. The summed E-state index contributed by atoms with van der Waals surface area (Å²) in [5.41, 5.74) is 1.02. The molecule has 0 amide bonds. The molecule has 92 valence electrons.